The maximum Gasteiger partial charge on any atom is 0.272 e. The van der Waals surface area contributed by atoms with Crippen molar-refractivity contribution in [1.29, 1.82) is 0 Å². The number of anilines is 1. The Balaban J connectivity index is 2.32. The molecule has 1 heterocycles. The van der Waals surface area contributed by atoms with Crippen molar-refractivity contribution in [2.45, 2.75) is 20.3 Å². The summed E-state index contributed by atoms with van der Waals surface area (Å²) < 4.78 is 5.06. The average Bonchev–Trinajstić information content (AvgIpc) is 2.66. The lowest BCUT2D eigenvalue weighted by Gasteiger charge is -2.19. The summed E-state index contributed by atoms with van der Waals surface area (Å²) in [5.74, 6) is 1.12. The molecule has 6 nitrogen and oxygen atoms in total. The molecule has 0 aliphatic heterocycles. The normalized spacial score (nSPS) is 10.5. The number of rotatable bonds is 9. The molecular weight excluding hydrogens is 316 g/mol. The van der Waals surface area contributed by atoms with E-state index in [1.165, 1.54) is 0 Å². The van der Waals surface area contributed by atoms with Gasteiger partial charge in [0.25, 0.3) is 5.91 Å². The van der Waals surface area contributed by atoms with E-state index in [0.29, 0.717) is 37.0 Å². The van der Waals surface area contributed by atoms with Crippen molar-refractivity contribution in [3.63, 3.8) is 0 Å². The predicted molar refractivity (Wildman–Crippen MR) is 99.7 cm³/mol. The Morgan fingerprint density at radius 2 is 1.88 bits per heavy atom. The second kappa shape index (κ2) is 9.74. The van der Waals surface area contributed by atoms with Crippen molar-refractivity contribution in [3.05, 3.63) is 42.1 Å². The lowest BCUT2D eigenvalue weighted by Crippen LogP contribution is -2.31. The van der Waals surface area contributed by atoms with Gasteiger partial charge in [0.05, 0.1) is 0 Å². The zero-order chi connectivity index (χ0) is 18.1. The summed E-state index contributed by atoms with van der Waals surface area (Å²) in [5, 5.41) is 3.26. The first-order valence-electron chi connectivity index (χ1n) is 8.66. The maximum absolute atomic E-state index is 12.7. The Hall–Kier alpha value is -2.47. The van der Waals surface area contributed by atoms with Crippen LogP contribution in [0.5, 0.6) is 0 Å². The Labute approximate surface area is 149 Å². The van der Waals surface area contributed by atoms with Gasteiger partial charge < -0.3 is 15.0 Å². The zero-order valence-electron chi connectivity index (χ0n) is 15.2. The first-order chi connectivity index (χ1) is 12.2. The van der Waals surface area contributed by atoms with Gasteiger partial charge >= 0.3 is 0 Å². The number of aromatic nitrogens is 2. The molecule has 0 aliphatic carbocycles. The first kappa shape index (κ1) is 18.9. The number of carbonyl (C=O) groups excluding carboxylic acids is 1. The SMILES string of the molecule is CCN(CC)C(=O)c1cc(NCCCOC)nc(-c2ccccc2)n1. The molecule has 2 rings (SSSR count). The van der Waals surface area contributed by atoms with Gasteiger partial charge in [-0.1, -0.05) is 30.3 Å². The summed E-state index contributed by atoms with van der Waals surface area (Å²) in [4.78, 5) is 23.5. The van der Waals surface area contributed by atoms with Crippen molar-refractivity contribution >= 4 is 11.7 Å². The Morgan fingerprint density at radius 3 is 2.52 bits per heavy atom. The quantitative estimate of drug-likeness (QED) is 0.709. The van der Waals surface area contributed by atoms with Gasteiger partial charge in [-0.05, 0) is 20.3 Å². The van der Waals surface area contributed by atoms with Crippen LogP contribution in [0.2, 0.25) is 0 Å². The second-order valence-electron chi connectivity index (χ2n) is 5.58. The molecular formula is C19H26N4O2. The first-order valence-corrected chi connectivity index (χ1v) is 8.66. The molecule has 1 aromatic heterocycles. The molecule has 2 aromatic rings. The summed E-state index contributed by atoms with van der Waals surface area (Å²) in [5.41, 5.74) is 1.29. The molecule has 0 fully saturated rings. The van der Waals surface area contributed by atoms with Crippen LogP contribution in [0.1, 0.15) is 30.8 Å². The van der Waals surface area contributed by atoms with E-state index in [2.05, 4.69) is 15.3 Å². The fourth-order valence-electron chi connectivity index (χ4n) is 2.47. The van der Waals surface area contributed by atoms with E-state index in [1.807, 2.05) is 44.2 Å². The summed E-state index contributed by atoms with van der Waals surface area (Å²) in [6, 6.07) is 11.4. The Kier molecular flexibility index (Phi) is 7.35. The summed E-state index contributed by atoms with van der Waals surface area (Å²) >= 11 is 0. The topological polar surface area (TPSA) is 67.4 Å². The third-order valence-electron chi connectivity index (χ3n) is 3.86. The smallest absolute Gasteiger partial charge is 0.272 e. The fraction of sp³-hybridized carbons (Fsp3) is 0.421. The van der Waals surface area contributed by atoms with Crippen molar-refractivity contribution < 1.29 is 9.53 Å². The third kappa shape index (κ3) is 5.26. The molecule has 0 bridgehead atoms. The molecule has 1 aromatic carbocycles. The van der Waals surface area contributed by atoms with Crippen molar-refractivity contribution in [2.24, 2.45) is 0 Å². The van der Waals surface area contributed by atoms with Crippen molar-refractivity contribution in [1.82, 2.24) is 14.9 Å². The fourth-order valence-corrected chi connectivity index (χ4v) is 2.47. The number of benzene rings is 1. The van der Waals surface area contributed by atoms with Crippen molar-refractivity contribution in [2.75, 3.05) is 38.7 Å². The van der Waals surface area contributed by atoms with Crippen molar-refractivity contribution in [3.8, 4) is 11.4 Å². The van der Waals surface area contributed by atoms with E-state index >= 15 is 0 Å². The molecule has 0 radical (unpaired) electrons. The van der Waals surface area contributed by atoms with Crippen LogP contribution < -0.4 is 5.32 Å². The Bertz CT molecular complexity index is 672. The van der Waals surface area contributed by atoms with Gasteiger partial charge in [0, 0.05) is 45.0 Å². The lowest BCUT2D eigenvalue weighted by molar-refractivity contribution is 0.0767. The average molecular weight is 342 g/mol. The summed E-state index contributed by atoms with van der Waals surface area (Å²) in [6.45, 7) is 6.62. The minimum absolute atomic E-state index is 0.0791. The van der Waals surface area contributed by atoms with E-state index < -0.39 is 0 Å². The highest BCUT2D eigenvalue weighted by molar-refractivity contribution is 5.93. The number of carbonyl (C=O) groups is 1. The molecule has 25 heavy (non-hydrogen) atoms. The van der Waals surface area contributed by atoms with E-state index in [4.69, 9.17) is 4.74 Å². The molecule has 0 aliphatic rings. The molecule has 0 unspecified atom stereocenters. The van der Waals surface area contributed by atoms with Crippen LogP contribution in [-0.4, -0.2) is 54.1 Å². The van der Waals surface area contributed by atoms with E-state index in [1.54, 1.807) is 18.1 Å². The van der Waals surface area contributed by atoms with Gasteiger partial charge in [-0.3, -0.25) is 4.79 Å². The van der Waals surface area contributed by atoms with Crippen LogP contribution in [0.3, 0.4) is 0 Å². The van der Waals surface area contributed by atoms with Gasteiger partial charge in [0.15, 0.2) is 5.82 Å². The summed E-state index contributed by atoms with van der Waals surface area (Å²) in [7, 11) is 1.68. The third-order valence-corrected chi connectivity index (χ3v) is 3.86. The van der Waals surface area contributed by atoms with Gasteiger partial charge in [-0.25, -0.2) is 9.97 Å². The molecule has 0 atom stereocenters. The van der Waals surface area contributed by atoms with Crippen LogP contribution in [-0.2, 0) is 4.74 Å². The van der Waals surface area contributed by atoms with Gasteiger partial charge in [0.2, 0.25) is 0 Å². The van der Waals surface area contributed by atoms with E-state index in [9.17, 15) is 4.79 Å². The Morgan fingerprint density at radius 1 is 1.16 bits per heavy atom. The monoisotopic (exact) mass is 342 g/mol. The molecule has 0 spiro atoms. The molecule has 0 saturated heterocycles. The molecule has 0 saturated carbocycles. The highest BCUT2D eigenvalue weighted by atomic mass is 16.5. The van der Waals surface area contributed by atoms with E-state index in [0.717, 1.165) is 18.5 Å². The zero-order valence-corrected chi connectivity index (χ0v) is 15.2. The highest BCUT2D eigenvalue weighted by Gasteiger charge is 2.17. The number of hydrogen-bond donors (Lipinski definition) is 1. The predicted octanol–water partition coefficient (Wildman–Crippen LogP) is 3.07. The van der Waals surface area contributed by atoms with Crippen LogP contribution in [0, 0.1) is 0 Å². The minimum atomic E-state index is -0.0791. The number of methoxy groups -OCH3 is 1. The summed E-state index contributed by atoms with van der Waals surface area (Å²) in [6.07, 6.45) is 0.862. The van der Waals surface area contributed by atoms with Gasteiger partial charge in [-0.2, -0.15) is 0 Å². The van der Waals surface area contributed by atoms with Crippen LogP contribution in [0.25, 0.3) is 11.4 Å². The van der Waals surface area contributed by atoms with Gasteiger partial charge in [-0.15, -0.1) is 0 Å². The van der Waals surface area contributed by atoms with E-state index in [-0.39, 0.29) is 5.91 Å². The number of nitrogens with one attached hydrogen (secondary N) is 1. The molecule has 134 valence electrons. The number of hydrogen-bond acceptors (Lipinski definition) is 5. The van der Waals surface area contributed by atoms with Crippen LogP contribution in [0.15, 0.2) is 36.4 Å². The van der Waals surface area contributed by atoms with Gasteiger partial charge in [0.1, 0.15) is 11.5 Å². The number of amides is 1. The largest absolute Gasteiger partial charge is 0.385 e. The maximum atomic E-state index is 12.7. The second-order valence-corrected chi connectivity index (χ2v) is 5.58. The van der Waals surface area contributed by atoms with Crippen LogP contribution in [0.4, 0.5) is 5.82 Å². The molecule has 1 N–H and O–H groups in total. The number of ether oxygens (including phenoxy) is 1. The minimum Gasteiger partial charge on any atom is -0.385 e. The standard InChI is InChI=1S/C19H26N4O2/c1-4-23(5-2)19(24)16-14-17(20-12-9-13-25-3)22-18(21-16)15-10-7-6-8-11-15/h6-8,10-11,14H,4-5,9,12-13H2,1-3H3,(H,20,21,22). The molecule has 6 heteroatoms. The number of nitrogens with zero attached hydrogens (tertiary/aromatic N) is 3. The lowest BCUT2D eigenvalue weighted by atomic mass is 10.2. The molecule has 1 amide bonds. The van der Waals surface area contributed by atoms with Crippen LogP contribution >= 0.6 is 0 Å². The highest BCUT2D eigenvalue weighted by Crippen LogP contribution is 2.18.